The second kappa shape index (κ2) is 5.87. The van der Waals surface area contributed by atoms with E-state index < -0.39 is 0 Å². The summed E-state index contributed by atoms with van der Waals surface area (Å²) in [7, 11) is 0. The lowest BCUT2D eigenvalue weighted by Gasteiger charge is -2.29. The topological polar surface area (TPSA) is 45.4 Å². The number of ether oxygens (including phenoxy) is 1. The van der Waals surface area contributed by atoms with Gasteiger partial charge in [-0.15, -0.1) is 0 Å². The molecule has 0 N–H and O–H groups in total. The summed E-state index contributed by atoms with van der Waals surface area (Å²) in [5.41, 5.74) is -0.158. The number of nitrogens with zero attached hydrogens (tertiary/aromatic N) is 1. The van der Waals surface area contributed by atoms with Crippen molar-refractivity contribution in [3.8, 4) is 5.75 Å². The van der Waals surface area contributed by atoms with Gasteiger partial charge >= 0.3 is 0 Å². The predicted octanol–water partition coefficient (Wildman–Crippen LogP) is 0.927. The van der Waals surface area contributed by atoms with Crippen LogP contribution in [0.1, 0.15) is 27.7 Å². The van der Waals surface area contributed by atoms with Crippen molar-refractivity contribution < 1.29 is 19.4 Å². The molecule has 4 nitrogen and oxygen atoms in total. The Bertz CT molecular complexity index is 350. The molecule has 0 saturated carbocycles. The van der Waals surface area contributed by atoms with E-state index >= 15 is 0 Å². The average molecular weight is 239 g/mol. The Balaban J connectivity index is 2.29. The lowest BCUT2D eigenvalue weighted by atomic mass is 9.95. The van der Waals surface area contributed by atoms with Gasteiger partial charge in [0, 0.05) is 10.8 Å². The van der Waals surface area contributed by atoms with Gasteiger partial charge in [0.15, 0.2) is 6.61 Å². The van der Waals surface area contributed by atoms with Crippen LogP contribution in [-0.2, 0) is 4.74 Å². The van der Waals surface area contributed by atoms with Crippen molar-refractivity contribution in [3.05, 3.63) is 24.5 Å². The summed E-state index contributed by atoms with van der Waals surface area (Å²) in [6.07, 6.45) is 3.09. The van der Waals surface area contributed by atoms with Crippen LogP contribution in [0.5, 0.6) is 5.75 Å². The van der Waals surface area contributed by atoms with E-state index in [-0.39, 0.29) is 11.4 Å². The molecule has 0 unspecified atom stereocenters. The zero-order chi connectivity index (χ0) is 12.9. The lowest BCUT2D eigenvalue weighted by molar-refractivity contribution is -0.892. The third-order valence-corrected chi connectivity index (χ3v) is 2.94. The summed E-state index contributed by atoms with van der Waals surface area (Å²) < 4.78 is 7.14. The number of hydrogen-bond acceptors (Lipinski definition) is 3. The van der Waals surface area contributed by atoms with Crippen LogP contribution < -0.4 is 14.7 Å². The molecule has 96 valence electrons. The smallest absolute Gasteiger partial charge is 0.222 e. The summed E-state index contributed by atoms with van der Waals surface area (Å²) in [5.74, 6) is 0.371. The summed E-state index contributed by atoms with van der Waals surface area (Å²) in [6, 6.07) is 3.14. The Kier molecular flexibility index (Phi) is 4.75. The largest absolute Gasteiger partial charge is 0.868 e. The summed E-state index contributed by atoms with van der Waals surface area (Å²) >= 11 is 0. The molecule has 0 fully saturated rings. The van der Waals surface area contributed by atoms with Gasteiger partial charge in [0.2, 0.25) is 12.4 Å². The van der Waals surface area contributed by atoms with E-state index in [1.807, 2.05) is 0 Å². The number of rotatable bonds is 6. The zero-order valence-corrected chi connectivity index (χ0v) is 11.0. The first-order valence-electron chi connectivity index (χ1n) is 5.87. The third kappa shape index (κ3) is 4.61. The highest BCUT2D eigenvalue weighted by Gasteiger charge is 2.22. The molecule has 1 heterocycles. The molecule has 4 heteroatoms. The van der Waals surface area contributed by atoms with Crippen LogP contribution in [0.25, 0.3) is 0 Å². The highest BCUT2D eigenvalue weighted by atomic mass is 16.7. The highest BCUT2D eigenvalue weighted by Crippen LogP contribution is 2.19. The Morgan fingerprint density at radius 1 is 1.35 bits per heavy atom. The molecule has 0 bridgehead atoms. The van der Waals surface area contributed by atoms with Crippen LogP contribution in [0.3, 0.4) is 0 Å². The van der Waals surface area contributed by atoms with Crippen LogP contribution in [0.2, 0.25) is 0 Å². The second-order valence-corrected chi connectivity index (χ2v) is 4.84. The Hall–Kier alpha value is -1.29. The first-order valence-corrected chi connectivity index (χ1v) is 5.87. The molecule has 1 rings (SSSR count). The highest BCUT2D eigenvalue weighted by molar-refractivity contribution is 5.07. The minimum atomic E-state index is -0.158. The Labute approximate surface area is 103 Å². The van der Waals surface area contributed by atoms with Gasteiger partial charge in [0.05, 0.1) is 12.2 Å². The van der Waals surface area contributed by atoms with E-state index in [0.717, 1.165) is 0 Å². The van der Waals surface area contributed by atoms with Crippen molar-refractivity contribution in [1.82, 2.24) is 0 Å². The summed E-state index contributed by atoms with van der Waals surface area (Å²) in [6.45, 7) is 9.28. The van der Waals surface area contributed by atoms with E-state index in [0.29, 0.717) is 19.1 Å². The first kappa shape index (κ1) is 13.8. The van der Waals surface area contributed by atoms with Gasteiger partial charge in [0.1, 0.15) is 0 Å². The second-order valence-electron chi connectivity index (χ2n) is 4.84. The van der Waals surface area contributed by atoms with Gasteiger partial charge in [-0.1, -0.05) is 19.9 Å². The van der Waals surface area contributed by atoms with Crippen LogP contribution in [0, 0.1) is 5.92 Å². The van der Waals surface area contributed by atoms with Crippen molar-refractivity contribution in [2.24, 2.45) is 5.92 Å². The molecule has 0 radical (unpaired) electrons. The normalized spacial score (nSPS) is 11.8. The molecule has 0 aliphatic rings. The van der Waals surface area contributed by atoms with Crippen molar-refractivity contribution in [2.75, 3.05) is 13.2 Å². The zero-order valence-electron chi connectivity index (χ0n) is 11.0. The first-order chi connectivity index (χ1) is 7.92. The summed E-state index contributed by atoms with van der Waals surface area (Å²) in [5, 5.41) is 11.0. The fourth-order valence-corrected chi connectivity index (χ4v) is 1.13. The molecule has 1 aromatic rings. The fraction of sp³-hybridized carbons (Fsp3) is 0.615. The number of hydrogen-bond donors (Lipinski definition) is 0. The minimum absolute atomic E-state index is 0.0732. The average Bonchev–Trinajstić information content (AvgIpc) is 2.24. The molecule has 0 amide bonds. The van der Waals surface area contributed by atoms with Gasteiger partial charge < -0.3 is 9.84 Å². The molecule has 0 aromatic carbocycles. The van der Waals surface area contributed by atoms with Crippen molar-refractivity contribution in [3.63, 3.8) is 0 Å². The molecule has 0 atom stereocenters. The maximum atomic E-state index is 11.0. The number of pyridine rings is 1. The van der Waals surface area contributed by atoms with E-state index in [1.165, 1.54) is 17.0 Å². The van der Waals surface area contributed by atoms with Crippen LogP contribution >= 0.6 is 0 Å². The molecule has 0 spiro atoms. The van der Waals surface area contributed by atoms with Crippen LogP contribution in [0.15, 0.2) is 24.5 Å². The molecular formula is C13H21NO3. The fourth-order valence-electron chi connectivity index (χ4n) is 1.13. The quantitative estimate of drug-likeness (QED) is 0.548. The molecule has 0 aliphatic heterocycles. The van der Waals surface area contributed by atoms with Gasteiger partial charge in [-0.2, -0.15) is 0 Å². The van der Waals surface area contributed by atoms with Gasteiger partial charge in [-0.3, -0.25) is 4.84 Å². The standard InChI is InChI=1S/C13H21NO3/c1-11(2)13(3,4)16-8-9-17-14-7-5-6-12(15)10-14/h5-7,10-11H,8-9H2,1-4H3. The van der Waals surface area contributed by atoms with Crippen molar-refractivity contribution in [2.45, 2.75) is 33.3 Å². The monoisotopic (exact) mass is 239 g/mol. The van der Waals surface area contributed by atoms with Crippen LogP contribution in [-0.4, -0.2) is 18.8 Å². The molecule has 17 heavy (non-hydrogen) atoms. The predicted molar refractivity (Wildman–Crippen MR) is 62.4 cm³/mol. The Morgan fingerprint density at radius 3 is 2.65 bits per heavy atom. The van der Waals surface area contributed by atoms with Crippen molar-refractivity contribution >= 4 is 0 Å². The SMILES string of the molecule is CC(C)C(C)(C)OCCO[n+]1cccc([O-])c1. The maximum Gasteiger partial charge on any atom is 0.222 e. The molecular weight excluding hydrogens is 218 g/mol. The molecule has 0 aliphatic carbocycles. The minimum Gasteiger partial charge on any atom is -0.868 e. The third-order valence-electron chi connectivity index (χ3n) is 2.94. The Morgan fingerprint density at radius 2 is 2.06 bits per heavy atom. The van der Waals surface area contributed by atoms with E-state index in [2.05, 4.69) is 27.7 Å². The van der Waals surface area contributed by atoms with E-state index in [4.69, 9.17) is 9.57 Å². The van der Waals surface area contributed by atoms with Gasteiger partial charge in [-0.05, 0) is 25.5 Å². The maximum absolute atomic E-state index is 11.0. The van der Waals surface area contributed by atoms with E-state index in [1.54, 1.807) is 12.3 Å². The van der Waals surface area contributed by atoms with Crippen LogP contribution in [0.4, 0.5) is 0 Å². The van der Waals surface area contributed by atoms with E-state index in [9.17, 15) is 5.11 Å². The molecule has 0 saturated heterocycles. The van der Waals surface area contributed by atoms with Gasteiger partial charge in [0.25, 0.3) is 0 Å². The molecule has 1 aromatic heterocycles. The lowest BCUT2D eigenvalue weighted by Crippen LogP contribution is -2.44. The number of aromatic nitrogens is 1. The van der Waals surface area contributed by atoms with Crippen molar-refractivity contribution in [1.29, 1.82) is 0 Å². The van der Waals surface area contributed by atoms with Gasteiger partial charge in [-0.25, -0.2) is 0 Å². The summed E-state index contributed by atoms with van der Waals surface area (Å²) in [4.78, 5) is 5.35.